The van der Waals surface area contributed by atoms with Gasteiger partial charge < -0.3 is 29.3 Å². The molecule has 1 saturated heterocycles. The molecule has 9 nitrogen and oxygen atoms in total. The van der Waals surface area contributed by atoms with Crippen molar-refractivity contribution in [2.45, 2.75) is 264 Å². The average Bonchev–Trinajstić information content (AvgIpc) is 3.31. The van der Waals surface area contributed by atoms with Crippen molar-refractivity contribution in [3.8, 4) is 0 Å². The normalized spacial score (nSPS) is 13.2. The zero-order chi connectivity index (χ0) is 46.0. The van der Waals surface area contributed by atoms with E-state index in [0.29, 0.717) is 43.8 Å². The number of hydrogen-bond donors (Lipinski definition) is 1. The van der Waals surface area contributed by atoms with Crippen LogP contribution in [0.15, 0.2) is 9.59 Å². The Morgan fingerprint density at radius 2 is 1.02 bits per heavy atom. The summed E-state index contributed by atoms with van der Waals surface area (Å²) in [5.41, 5.74) is 0.530. The largest absolute Gasteiger partial charge is 0.466 e. The standard InChI is InChI=1S/C55H103N3O6/c1-4-7-10-13-17-26-36-48-63-51(59)40-30-22-19-24-32-43-57(44-37-41-56-52-53(55(61)54(52)60)58-45-33-27-34-46-58)42-31-23-16-18-25-35-47-62-49-64-50(38-28-20-14-11-8-5-2)39-29-21-15-12-9-6-3/h50,56H,4-49H2,1-3H3. The number of anilines is 2. The van der Waals surface area contributed by atoms with Crippen LogP contribution >= 0.6 is 0 Å². The summed E-state index contributed by atoms with van der Waals surface area (Å²) in [5.74, 6) is -0.0307. The molecular weight excluding hydrogens is 799 g/mol. The van der Waals surface area contributed by atoms with Crippen LogP contribution in [0, 0.1) is 0 Å². The summed E-state index contributed by atoms with van der Waals surface area (Å²) < 4.78 is 17.7. The number of esters is 1. The van der Waals surface area contributed by atoms with Gasteiger partial charge in [0.1, 0.15) is 18.2 Å². The molecule has 0 aromatic heterocycles. The lowest BCUT2D eigenvalue weighted by atomic mass is 10.0. The van der Waals surface area contributed by atoms with Crippen LogP contribution < -0.4 is 21.1 Å². The molecule has 0 aliphatic carbocycles. The molecule has 1 aromatic rings. The van der Waals surface area contributed by atoms with Crippen LogP contribution in [0.1, 0.15) is 258 Å². The minimum atomic E-state index is -0.343. The van der Waals surface area contributed by atoms with E-state index in [0.717, 1.165) is 104 Å². The number of hydrogen-bond acceptors (Lipinski definition) is 9. The molecule has 0 amide bonds. The third kappa shape index (κ3) is 30.3. The van der Waals surface area contributed by atoms with E-state index in [1.54, 1.807) is 0 Å². The predicted octanol–water partition coefficient (Wildman–Crippen LogP) is 14.2. The number of nitrogens with zero attached hydrogens (tertiary/aromatic N) is 2. The Bertz CT molecular complexity index is 1250. The minimum Gasteiger partial charge on any atom is -0.466 e. The fraction of sp³-hybridized carbons (Fsp3) is 0.909. The van der Waals surface area contributed by atoms with Crippen molar-refractivity contribution < 1.29 is 19.0 Å². The number of ether oxygens (including phenoxy) is 3. The highest BCUT2D eigenvalue weighted by atomic mass is 16.7. The van der Waals surface area contributed by atoms with Gasteiger partial charge in [0.2, 0.25) is 0 Å². The Kier molecular flexibility index (Phi) is 38.5. The van der Waals surface area contributed by atoms with Gasteiger partial charge in [-0.3, -0.25) is 14.4 Å². The summed E-state index contributed by atoms with van der Waals surface area (Å²) in [6.45, 7) is 14.3. The van der Waals surface area contributed by atoms with Gasteiger partial charge in [-0.2, -0.15) is 0 Å². The molecule has 0 radical (unpaired) electrons. The molecule has 1 aliphatic heterocycles. The van der Waals surface area contributed by atoms with Crippen LogP contribution in [0.2, 0.25) is 0 Å². The molecule has 0 spiro atoms. The van der Waals surface area contributed by atoms with Gasteiger partial charge >= 0.3 is 5.97 Å². The highest BCUT2D eigenvalue weighted by Gasteiger charge is 2.26. The molecule has 0 saturated carbocycles. The molecule has 64 heavy (non-hydrogen) atoms. The van der Waals surface area contributed by atoms with Crippen LogP contribution in [0.5, 0.6) is 0 Å². The minimum absolute atomic E-state index is 0.0307. The molecule has 0 unspecified atom stereocenters. The number of carbonyl (C=O) groups is 1. The van der Waals surface area contributed by atoms with Crippen LogP contribution in [-0.2, 0) is 19.0 Å². The van der Waals surface area contributed by atoms with E-state index < -0.39 is 0 Å². The quantitative estimate of drug-likeness (QED) is 0.0297. The summed E-state index contributed by atoms with van der Waals surface area (Å²) in [5, 5.41) is 3.36. The van der Waals surface area contributed by atoms with Gasteiger partial charge in [0, 0.05) is 32.7 Å². The van der Waals surface area contributed by atoms with Crippen LogP contribution in [0.25, 0.3) is 0 Å². The molecule has 0 atom stereocenters. The second-order valence-electron chi connectivity index (χ2n) is 19.5. The van der Waals surface area contributed by atoms with E-state index in [1.807, 2.05) is 0 Å². The van der Waals surface area contributed by atoms with E-state index in [2.05, 4.69) is 35.9 Å². The first kappa shape index (κ1) is 58.2. The zero-order valence-corrected chi connectivity index (χ0v) is 42.4. The van der Waals surface area contributed by atoms with Crippen LogP contribution in [0.4, 0.5) is 11.4 Å². The highest BCUT2D eigenvalue weighted by molar-refractivity contribution is 5.75. The van der Waals surface area contributed by atoms with Crippen molar-refractivity contribution >= 4 is 17.3 Å². The highest BCUT2D eigenvalue weighted by Crippen LogP contribution is 2.24. The number of rotatable bonds is 48. The van der Waals surface area contributed by atoms with Crippen molar-refractivity contribution in [2.24, 2.45) is 0 Å². The molecule has 1 aromatic carbocycles. The molecule has 2 rings (SSSR count). The molecule has 1 N–H and O–H groups in total. The molecule has 9 heteroatoms. The van der Waals surface area contributed by atoms with Gasteiger partial charge in [-0.1, -0.05) is 181 Å². The molecule has 0 bridgehead atoms. The molecule has 1 aliphatic rings. The fourth-order valence-electron chi connectivity index (χ4n) is 9.33. The lowest BCUT2D eigenvalue weighted by Crippen LogP contribution is -2.44. The zero-order valence-electron chi connectivity index (χ0n) is 42.4. The number of nitrogens with one attached hydrogen (secondary N) is 1. The summed E-state index contributed by atoms with van der Waals surface area (Å²) in [6.07, 6.45) is 45.0. The maximum absolute atomic E-state index is 12.5. The second kappa shape index (κ2) is 42.4. The summed E-state index contributed by atoms with van der Waals surface area (Å²) >= 11 is 0. The smallest absolute Gasteiger partial charge is 0.305 e. The number of unbranched alkanes of at least 4 members (excludes halogenated alkanes) is 25. The van der Waals surface area contributed by atoms with E-state index in [4.69, 9.17) is 14.2 Å². The lowest BCUT2D eigenvalue weighted by molar-refractivity contribution is -0.143. The molecule has 1 fully saturated rings. The van der Waals surface area contributed by atoms with Crippen LogP contribution in [-0.4, -0.2) is 76.2 Å². The fourth-order valence-corrected chi connectivity index (χ4v) is 9.33. The molecule has 374 valence electrons. The summed E-state index contributed by atoms with van der Waals surface area (Å²) in [7, 11) is 0. The maximum Gasteiger partial charge on any atom is 0.305 e. The second-order valence-corrected chi connectivity index (χ2v) is 19.5. The SMILES string of the molecule is CCCCCCCCCOC(=O)CCCCCCCN(CCCCCCCCOCOC(CCCCCCCC)CCCCCCCC)CCCNc1c(N2CCCCC2)c(=O)c1=O. The third-order valence-corrected chi connectivity index (χ3v) is 13.5. The summed E-state index contributed by atoms with van der Waals surface area (Å²) in [6, 6.07) is 0. The van der Waals surface area contributed by atoms with Gasteiger partial charge in [-0.25, -0.2) is 0 Å². The van der Waals surface area contributed by atoms with Gasteiger partial charge in [0.15, 0.2) is 0 Å². The summed E-state index contributed by atoms with van der Waals surface area (Å²) in [4.78, 5) is 41.8. The van der Waals surface area contributed by atoms with E-state index in [1.165, 1.54) is 167 Å². The van der Waals surface area contributed by atoms with Crippen molar-refractivity contribution in [2.75, 3.05) is 69.5 Å². The van der Waals surface area contributed by atoms with Crippen molar-refractivity contribution in [1.82, 2.24) is 4.90 Å². The van der Waals surface area contributed by atoms with Gasteiger partial charge in [0.25, 0.3) is 10.9 Å². The molecular formula is C55H103N3O6. The average molecular weight is 902 g/mol. The molecule has 1 heterocycles. The topological polar surface area (TPSA) is 97.4 Å². The van der Waals surface area contributed by atoms with E-state index in [9.17, 15) is 14.4 Å². The maximum atomic E-state index is 12.5. The Labute approximate surface area is 394 Å². The van der Waals surface area contributed by atoms with Crippen molar-refractivity contribution in [3.63, 3.8) is 0 Å². The number of piperidine rings is 1. The Hall–Kier alpha value is -1.97. The Morgan fingerprint density at radius 3 is 1.58 bits per heavy atom. The van der Waals surface area contributed by atoms with Crippen LogP contribution in [0.3, 0.4) is 0 Å². The van der Waals surface area contributed by atoms with E-state index in [-0.39, 0.29) is 16.8 Å². The Balaban J connectivity index is 1.63. The van der Waals surface area contributed by atoms with Gasteiger partial charge in [-0.05, 0) is 90.3 Å². The predicted molar refractivity (Wildman–Crippen MR) is 273 cm³/mol. The van der Waals surface area contributed by atoms with Crippen molar-refractivity contribution in [3.05, 3.63) is 20.4 Å². The van der Waals surface area contributed by atoms with Gasteiger partial charge in [-0.15, -0.1) is 0 Å². The first-order chi connectivity index (χ1) is 31.5. The first-order valence-electron chi connectivity index (χ1n) is 27.9. The number of carbonyl (C=O) groups excluding carboxylic acids is 1. The monoisotopic (exact) mass is 902 g/mol. The lowest BCUT2D eigenvalue weighted by Gasteiger charge is -2.31. The third-order valence-electron chi connectivity index (χ3n) is 13.5. The van der Waals surface area contributed by atoms with Crippen molar-refractivity contribution in [1.29, 1.82) is 0 Å². The van der Waals surface area contributed by atoms with Gasteiger partial charge in [0.05, 0.1) is 12.7 Å². The first-order valence-corrected chi connectivity index (χ1v) is 27.9. The van der Waals surface area contributed by atoms with E-state index >= 15 is 0 Å². The Morgan fingerprint density at radius 1 is 0.547 bits per heavy atom.